The molecule has 118 valence electrons. The quantitative estimate of drug-likeness (QED) is 0.712. The maximum absolute atomic E-state index is 13.5. The molecule has 1 rings (SSSR count). The second kappa shape index (κ2) is 8.53. The molecule has 0 saturated carbocycles. The average molecular weight is 302 g/mol. The Morgan fingerprint density at radius 2 is 2.10 bits per heavy atom. The van der Waals surface area contributed by atoms with Crippen LogP contribution in [0.5, 0.6) is 5.75 Å². The number of halogens is 2. The van der Waals surface area contributed by atoms with Gasteiger partial charge in [0, 0.05) is 32.3 Å². The Bertz CT molecular complexity index is 460. The van der Waals surface area contributed by atoms with Crippen LogP contribution in [0.4, 0.5) is 8.78 Å². The number of aromatic hydroxyl groups is 1. The molecule has 0 aliphatic carbocycles. The first-order valence-electron chi connectivity index (χ1n) is 6.59. The Morgan fingerprint density at radius 1 is 1.38 bits per heavy atom. The molecule has 0 fully saturated rings. The van der Waals surface area contributed by atoms with E-state index in [4.69, 9.17) is 4.74 Å². The van der Waals surface area contributed by atoms with E-state index in [-0.39, 0.29) is 0 Å². The largest absolute Gasteiger partial charge is 0.507 e. The van der Waals surface area contributed by atoms with E-state index in [9.17, 15) is 18.7 Å². The van der Waals surface area contributed by atoms with Gasteiger partial charge in [0.05, 0.1) is 6.61 Å². The zero-order valence-corrected chi connectivity index (χ0v) is 12.2. The molecule has 0 radical (unpaired) electrons. The molecule has 1 amide bonds. The highest BCUT2D eigenvalue weighted by molar-refractivity contribution is 5.97. The third-order valence-electron chi connectivity index (χ3n) is 2.94. The zero-order valence-electron chi connectivity index (χ0n) is 12.2. The number of carbonyl (C=O) groups excluding carboxylic acids is 1. The molecule has 2 N–H and O–H groups in total. The van der Waals surface area contributed by atoms with Crippen LogP contribution in [0, 0.1) is 11.6 Å². The second-order valence-corrected chi connectivity index (χ2v) is 4.69. The minimum Gasteiger partial charge on any atom is -0.507 e. The van der Waals surface area contributed by atoms with Gasteiger partial charge in [0.2, 0.25) is 0 Å². The molecule has 0 spiro atoms. The summed E-state index contributed by atoms with van der Waals surface area (Å²) in [6, 6.07) is 1.27. The predicted molar refractivity (Wildman–Crippen MR) is 74.3 cm³/mol. The number of amides is 1. The lowest BCUT2D eigenvalue weighted by Crippen LogP contribution is -2.30. The average Bonchev–Trinajstić information content (AvgIpc) is 2.40. The van der Waals surface area contributed by atoms with E-state index in [2.05, 4.69) is 5.32 Å². The first kappa shape index (κ1) is 17.3. The van der Waals surface area contributed by atoms with Crippen molar-refractivity contribution in [2.24, 2.45) is 0 Å². The number of carbonyl (C=O) groups is 1. The SMILES string of the molecule is COCCN(C)CCCNC(=O)c1c(O)cc(F)cc1F. The van der Waals surface area contributed by atoms with Crippen LogP contribution >= 0.6 is 0 Å². The van der Waals surface area contributed by atoms with Crippen LogP contribution in [0.1, 0.15) is 16.8 Å². The van der Waals surface area contributed by atoms with Crippen molar-refractivity contribution in [3.63, 3.8) is 0 Å². The van der Waals surface area contributed by atoms with E-state index < -0.39 is 28.9 Å². The number of phenolic OH excluding ortho intramolecular Hbond substituents is 1. The Balaban J connectivity index is 2.41. The molecule has 21 heavy (non-hydrogen) atoms. The molecule has 0 aliphatic heterocycles. The van der Waals surface area contributed by atoms with Crippen molar-refractivity contribution in [2.75, 3.05) is 40.4 Å². The normalized spacial score (nSPS) is 10.9. The highest BCUT2D eigenvalue weighted by atomic mass is 19.1. The summed E-state index contributed by atoms with van der Waals surface area (Å²) in [4.78, 5) is 13.8. The van der Waals surface area contributed by atoms with Gasteiger partial charge in [-0.05, 0) is 20.0 Å². The second-order valence-electron chi connectivity index (χ2n) is 4.69. The van der Waals surface area contributed by atoms with Gasteiger partial charge < -0.3 is 20.1 Å². The molecule has 5 nitrogen and oxygen atoms in total. The number of hydrogen-bond acceptors (Lipinski definition) is 4. The molecule has 7 heteroatoms. The van der Waals surface area contributed by atoms with Gasteiger partial charge >= 0.3 is 0 Å². The standard InChI is InChI=1S/C14H20F2N2O3/c1-18(6-7-21-2)5-3-4-17-14(20)13-11(16)8-10(15)9-12(13)19/h8-9,19H,3-7H2,1-2H3,(H,17,20). The molecule has 0 unspecified atom stereocenters. The topological polar surface area (TPSA) is 61.8 Å². The van der Waals surface area contributed by atoms with Crippen LogP contribution in [0.15, 0.2) is 12.1 Å². The Hall–Kier alpha value is -1.73. The lowest BCUT2D eigenvalue weighted by Gasteiger charge is -2.16. The molecule has 0 bridgehead atoms. The molecular weight excluding hydrogens is 282 g/mol. The van der Waals surface area contributed by atoms with E-state index in [0.29, 0.717) is 31.7 Å². The van der Waals surface area contributed by atoms with Crippen LogP contribution in [0.2, 0.25) is 0 Å². The van der Waals surface area contributed by atoms with Crippen molar-refractivity contribution >= 4 is 5.91 Å². The molecule has 0 saturated heterocycles. The van der Waals surface area contributed by atoms with E-state index in [1.165, 1.54) is 0 Å². The summed E-state index contributed by atoms with van der Waals surface area (Å²) in [5, 5.41) is 11.9. The van der Waals surface area contributed by atoms with Crippen LogP contribution in [-0.2, 0) is 4.74 Å². The van der Waals surface area contributed by atoms with Gasteiger partial charge in [0.1, 0.15) is 22.9 Å². The summed E-state index contributed by atoms with van der Waals surface area (Å²) in [6.07, 6.45) is 0.662. The van der Waals surface area contributed by atoms with Gasteiger partial charge in [-0.2, -0.15) is 0 Å². The molecule has 0 atom stereocenters. The maximum atomic E-state index is 13.5. The Labute approximate surface area is 122 Å². The van der Waals surface area contributed by atoms with Crippen LogP contribution < -0.4 is 5.32 Å². The number of nitrogens with one attached hydrogen (secondary N) is 1. The third-order valence-corrected chi connectivity index (χ3v) is 2.94. The first-order valence-corrected chi connectivity index (χ1v) is 6.59. The third kappa shape index (κ3) is 5.65. The summed E-state index contributed by atoms with van der Waals surface area (Å²) in [7, 11) is 3.55. The van der Waals surface area contributed by atoms with Crippen LogP contribution in [0.25, 0.3) is 0 Å². The minimum absolute atomic E-state index is 0.326. The van der Waals surface area contributed by atoms with Gasteiger partial charge in [0.25, 0.3) is 5.91 Å². The fraction of sp³-hybridized carbons (Fsp3) is 0.500. The predicted octanol–water partition coefficient (Wildman–Crippen LogP) is 1.37. The molecule has 1 aromatic carbocycles. The smallest absolute Gasteiger partial charge is 0.258 e. The molecule has 0 heterocycles. The number of likely N-dealkylation sites (N-methyl/N-ethyl adjacent to an activating group) is 1. The van der Waals surface area contributed by atoms with E-state index in [1.807, 2.05) is 11.9 Å². The zero-order chi connectivity index (χ0) is 15.8. The van der Waals surface area contributed by atoms with Crippen LogP contribution in [-0.4, -0.2) is 56.3 Å². The summed E-state index contributed by atoms with van der Waals surface area (Å²) in [5.41, 5.74) is -0.538. The Kier molecular flexibility index (Phi) is 7.04. The van der Waals surface area contributed by atoms with Crippen molar-refractivity contribution in [3.8, 4) is 5.75 Å². The summed E-state index contributed by atoms with van der Waals surface area (Å²) < 4.78 is 31.2. The van der Waals surface area contributed by atoms with Crippen molar-refractivity contribution in [3.05, 3.63) is 29.3 Å². The minimum atomic E-state index is -1.08. The van der Waals surface area contributed by atoms with Crippen molar-refractivity contribution < 1.29 is 23.4 Å². The maximum Gasteiger partial charge on any atom is 0.258 e. The highest BCUT2D eigenvalue weighted by Crippen LogP contribution is 2.21. The van der Waals surface area contributed by atoms with E-state index in [1.54, 1.807) is 7.11 Å². The van der Waals surface area contributed by atoms with E-state index >= 15 is 0 Å². The van der Waals surface area contributed by atoms with Crippen molar-refractivity contribution in [2.45, 2.75) is 6.42 Å². The summed E-state index contributed by atoms with van der Waals surface area (Å²) >= 11 is 0. The first-order chi connectivity index (χ1) is 9.95. The number of benzene rings is 1. The molecule has 0 aromatic heterocycles. The van der Waals surface area contributed by atoms with Gasteiger partial charge in [-0.25, -0.2) is 8.78 Å². The van der Waals surface area contributed by atoms with Crippen LogP contribution in [0.3, 0.4) is 0 Å². The number of phenols is 1. The molecule has 0 aliphatic rings. The lowest BCUT2D eigenvalue weighted by molar-refractivity contribution is 0.0944. The fourth-order valence-corrected chi connectivity index (χ4v) is 1.78. The monoisotopic (exact) mass is 302 g/mol. The molecule has 1 aromatic rings. The highest BCUT2D eigenvalue weighted by Gasteiger charge is 2.17. The number of methoxy groups -OCH3 is 1. The van der Waals surface area contributed by atoms with Crippen molar-refractivity contribution in [1.29, 1.82) is 0 Å². The Morgan fingerprint density at radius 3 is 2.71 bits per heavy atom. The fourth-order valence-electron chi connectivity index (χ4n) is 1.78. The lowest BCUT2D eigenvalue weighted by atomic mass is 10.1. The van der Waals surface area contributed by atoms with Gasteiger partial charge in [0.15, 0.2) is 0 Å². The number of rotatable bonds is 8. The number of ether oxygens (including phenoxy) is 1. The van der Waals surface area contributed by atoms with Gasteiger partial charge in [-0.1, -0.05) is 0 Å². The summed E-state index contributed by atoms with van der Waals surface area (Å²) in [5.74, 6) is -3.48. The number of nitrogens with zero attached hydrogens (tertiary/aromatic N) is 1. The van der Waals surface area contributed by atoms with E-state index in [0.717, 1.165) is 13.1 Å². The van der Waals surface area contributed by atoms with Crippen molar-refractivity contribution in [1.82, 2.24) is 10.2 Å². The van der Waals surface area contributed by atoms with Gasteiger partial charge in [-0.3, -0.25) is 4.79 Å². The number of hydrogen-bond donors (Lipinski definition) is 2. The van der Waals surface area contributed by atoms with Gasteiger partial charge in [-0.15, -0.1) is 0 Å². The molecular formula is C14H20F2N2O3. The summed E-state index contributed by atoms with van der Waals surface area (Å²) in [6.45, 7) is 2.46.